The van der Waals surface area contributed by atoms with Crippen LogP contribution >= 0.6 is 23.5 Å². The maximum atomic E-state index is 11.7. The molecule has 0 atom stereocenters. The van der Waals surface area contributed by atoms with Crippen molar-refractivity contribution in [3.63, 3.8) is 0 Å². The largest absolute Gasteiger partial charge is 0.507 e. The molecule has 1 aliphatic carbocycles. The van der Waals surface area contributed by atoms with Crippen molar-refractivity contribution in [3.05, 3.63) is 178 Å². The first kappa shape index (κ1) is 33.7. The fourth-order valence-electron chi connectivity index (χ4n) is 6.52. The van der Waals surface area contributed by atoms with Crippen molar-refractivity contribution < 1.29 is 19.7 Å². The second-order valence-electron chi connectivity index (χ2n) is 12.4. The van der Waals surface area contributed by atoms with Crippen LogP contribution in [0.25, 0.3) is 0 Å². The molecular formula is C44H40O4S2. The Morgan fingerprint density at radius 1 is 0.380 bits per heavy atom. The molecule has 0 saturated heterocycles. The quantitative estimate of drug-likeness (QED) is 0.110. The number of benzene rings is 6. The van der Waals surface area contributed by atoms with Crippen LogP contribution in [0.2, 0.25) is 0 Å². The highest BCUT2D eigenvalue weighted by Gasteiger charge is 2.20. The van der Waals surface area contributed by atoms with E-state index in [0.717, 1.165) is 67.5 Å². The van der Waals surface area contributed by atoms with Crippen molar-refractivity contribution in [2.45, 2.75) is 35.5 Å². The molecule has 0 unspecified atom stereocenters. The van der Waals surface area contributed by atoms with Gasteiger partial charge in [-0.2, -0.15) is 0 Å². The number of aromatic hydroxyl groups is 2. The summed E-state index contributed by atoms with van der Waals surface area (Å²) in [5, 5.41) is 23.4. The van der Waals surface area contributed by atoms with Crippen LogP contribution in [0.5, 0.6) is 23.0 Å². The summed E-state index contributed by atoms with van der Waals surface area (Å²) in [6.07, 6.45) is 2.06. The van der Waals surface area contributed by atoms with E-state index in [1.54, 1.807) is 23.5 Å². The first-order valence-corrected chi connectivity index (χ1v) is 19.0. The molecule has 7 rings (SSSR count). The topological polar surface area (TPSA) is 58.9 Å². The van der Waals surface area contributed by atoms with E-state index in [4.69, 9.17) is 9.47 Å². The van der Waals surface area contributed by atoms with Crippen LogP contribution in [0.15, 0.2) is 143 Å². The Morgan fingerprint density at radius 3 is 1.00 bits per heavy atom. The van der Waals surface area contributed by atoms with E-state index in [0.29, 0.717) is 50.4 Å². The summed E-state index contributed by atoms with van der Waals surface area (Å²) >= 11 is 3.53. The minimum absolute atomic E-state index is 0.300. The Labute approximate surface area is 303 Å². The lowest BCUT2D eigenvalue weighted by atomic mass is 9.91. The number of hydrogen-bond donors (Lipinski definition) is 2. The van der Waals surface area contributed by atoms with Gasteiger partial charge >= 0.3 is 0 Å². The molecular weight excluding hydrogens is 657 g/mol. The number of phenols is 2. The average Bonchev–Trinajstić information content (AvgIpc) is 3.14. The van der Waals surface area contributed by atoms with Gasteiger partial charge in [-0.3, -0.25) is 0 Å². The van der Waals surface area contributed by atoms with Gasteiger partial charge in [0.1, 0.15) is 23.0 Å². The third-order valence-electron chi connectivity index (χ3n) is 8.97. The van der Waals surface area contributed by atoms with Crippen molar-refractivity contribution >= 4 is 23.5 Å². The highest BCUT2D eigenvalue weighted by atomic mass is 32.2. The fourth-order valence-corrected chi connectivity index (χ4v) is 8.03. The van der Waals surface area contributed by atoms with Gasteiger partial charge in [-0.25, -0.2) is 0 Å². The molecule has 6 aromatic rings. The van der Waals surface area contributed by atoms with E-state index in [2.05, 4.69) is 48.5 Å². The summed E-state index contributed by atoms with van der Waals surface area (Å²) in [7, 11) is 0. The molecule has 8 bridgehead atoms. The molecule has 0 saturated carbocycles. The van der Waals surface area contributed by atoms with E-state index < -0.39 is 0 Å². The van der Waals surface area contributed by atoms with Crippen molar-refractivity contribution in [2.24, 2.45) is 0 Å². The molecule has 1 aliphatic rings. The zero-order valence-electron chi connectivity index (χ0n) is 27.9. The van der Waals surface area contributed by atoms with Gasteiger partial charge in [0.25, 0.3) is 0 Å². The van der Waals surface area contributed by atoms with Gasteiger partial charge in [0.2, 0.25) is 0 Å². The lowest BCUT2D eigenvalue weighted by Gasteiger charge is -2.20. The van der Waals surface area contributed by atoms with Gasteiger partial charge in [0.15, 0.2) is 0 Å². The highest BCUT2D eigenvalue weighted by Crippen LogP contribution is 2.38. The molecule has 0 fully saturated rings. The van der Waals surface area contributed by atoms with Crippen LogP contribution in [0.3, 0.4) is 0 Å². The summed E-state index contributed by atoms with van der Waals surface area (Å²) in [5.41, 5.74) is 7.40. The first-order chi connectivity index (χ1) is 24.6. The Kier molecular flexibility index (Phi) is 11.0. The predicted octanol–water partition coefficient (Wildman–Crippen LogP) is 10.1. The molecule has 6 aromatic carbocycles. The summed E-state index contributed by atoms with van der Waals surface area (Å²) in [6.45, 7) is 1.06. The van der Waals surface area contributed by atoms with Crippen LogP contribution in [-0.4, -0.2) is 34.9 Å². The van der Waals surface area contributed by atoms with Crippen molar-refractivity contribution in [2.75, 3.05) is 24.7 Å². The maximum Gasteiger partial charge on any atom is 0.126 e. The van der Waals surface area contributed by atoms with Gasteiger partial charge in [0.05, 0.1) is 13.2 Å². The molecule has 50 heavy (non-hydrogen) atoms. The molecule has 0 spiro atoms. The Morgan fingerprint density at radius 2 is 0.680 bits per heavy atom. The van der Waals surface area contributed by atoms with Crippen LogP contribution in [0, 0.1) is 0 Å². The lowest BCUT2D eigenvalue weighted by molar-refractivity contribution is 0.337. The molecule has 0 aromatic heterocycles. The highest BCUT2D eigenvalue weighted by molar-refractivity contribution is 7.99. The predicted molar refractivity (Wildman–Crippen MR) is 206 cm³/mol. The number of phenolic OH excluding ortho intramolecular Hbond substituents is 2. The number of para-hydroxylation sites is 4. The number of rotatable bonds is 10. The average molecular weight is 697 g/mol. The minimum atomic E-state index is 0.300. The molecule has 0 amide bonds. The minimum Gasteiger partial charge on any atom is -0.507 e. The van der Waals surface area contributed by atoms with E-state index in [9.17, 15) is 10.2 Å². The standard InChI is InChI=1S/C44H40O4S2/c45-41-31-11-7-13-33(41)29-37-17-10-18-38(44(37)48-24-26-50-40-21-5-2-6-22-40)30-34-14-8-12-32(42(34)46)28-36-16-9-15-35(27-31)43(36)47-23-25-49-39-19-3-1-4-20-39/h1-22,45-46H,23-30H2. The van der Waals surface area contributed by atoms with Crippen molar-refractivity contribution in [1.29, 1.82) is 0 Å². The van der Waals surface area contributed by atoms with Gasteiger partial charge in [-0.15, -0.1) is 23.5 Å². The Bertz CT molecular complexity index is 1810. The molecule has 0 radical (unpaired) electrons. The lowest BCUT2D eigenvalue weighted by Crippen LogP contribution is -2.08. The molecule has 6 heteroatoms. The van der Waals surface area contributed by atoms with Crippen LogP contribution in [0.1, 0.15) is 44.5 Å². The molecule has 0 heterocycles. The van der Waals surface area contributed by atoms with Gasteiger partial charge in [0, 0.05) is 47.0 Å². The fraction of sp³-hybridized carbons (Fsp3) is 0.182. The van der Waals surface area contributed by atoms with Gasteiger partial charge < -0.3 is 19.7 Å². The van der Waals surface area contributed by atoms with Crippen molar-refractivity contribution in [1.82, 2.24) is 0 Å². The number of hydrogen-bond acceptors (Lipinski definition) is 6. The monoisotopic (exact) mass is 696 g/mol. The smallest absolute Gasteiger partial charge is 0.126 e. The second kappa shape index (κ2) is 16.3. The van der Waals surface area contributed by atoms with Crippen LogP contribution in [0.4, 0.5) is 0 Å². The van der Waals surface area contributed by atoms with E-state index >= 15 is 0 Å². The van der Waals surface area contributed by atoms with E-state index in [1.807, 2.05) is 84.9 Å². The summed E-state index contributed by atoms with van der Waals surface area (Å²) in [5.74, 6) is 3.83. The Balaban J connectivity index is 1.22. The molecule has 0 aliphatic heterocycles. The zero-order valence-corrected chi connectivity index (χ0v) is 29.5. The molecule has 2 N–H and O–H groups in total. The molecule has 252 valence electrons. The normalized spacial score (nSPS) is 12.3. The third kappa shape index (κ3) is 8.15. The van der Waals surface area contributed by atoms with Crippen LogP contribution in [-0.2, 0) is 25.7 Å². The summed E-state index contributed by atoms with van der Waals surface area (Å²) < 4.78 is 13.2. The second-order valence-corrected chi connectivity index (χ2v) is 14.7. The van der Waals surface area contributed by atoms with Crippen LogP contribution < -0.4 is 9.47 Å². The summed E-state index contributed by atoms with van der Waals surface area (Å²) in [6, 6.07) is 45.1. The third-order valence-corrected chi connectivity index (χ3v) is 10.9. The van der Waals surface area contributed by atoms with E-state index in [1.165, 1.54) is 9.79 Å². The number of ether oxygens (including phenoxy) is 2. The SMILES string of the molecule is Oc1c2cccc1Cc1cccc(c1OCCSc1ccccc1)Cc1cccc(c1O)Cc1cccc(c1OCCSc1ccccc1)C2. The molecule has 4 nitrogen and oxygen atoms in total. The van der Waals surface area contributed by atoms with E-state index in [-0.39, 0.29) is 0 Å². The first-order valence-electron chi connectivity index (χ1n) is 17.0. The van der Waals surface area contributed by atoms with Gasteiger partial charge in [-0.1, -0.05) is 109 Å². The maximum absolute atomic E-state index is 11.7. The Hall–Kier alpha value is -4.78. The van der Waals surface area contributed by atoms with Crippen molar-refractivity contribution in [3.8, 4) is 23.0 Å². The number of thioether (sulfide) groups is 2. The summed E-state index contributed by atoms with van der Waals surface area (Å²) in [4.78, 5) is 2.41. The van der Waals surface area contributed by atoms with Gasteiger partial charge in [-0.05, 0) is 68.8 Å². The zero-order chi connectivity index (χ0) is 34.1. The number of fused-ring (bicyclic) bond motifs is 8.